The van der Waals surface area contributed by atoms with E-state index in [4.69, 9.17) is 0 Å². The highest BCUT2D eigenvalue weighted by atomic mass is 16.1. The Bertz CT molecular complexity index is 671. The normalized spacial score (nSPS) is 17.4. The van der Waals surface area contributed by atoms with Crippen molar-refractivity contribution in [3.05, 3.63) is 41.2 Å². The quantitative estimate of drug-likeness (QED) is 0.882. The van der Waals surface area contributed by atoms with Crippen molar-refractivity contribution in [2.45, 2.75) is 26.2 Å². The molecule has 23 heavy (non-hydrogen) atoms. The van der Waals surface area contributed by atoms with Crippen molar-refractivity contribution in [3.8, 4) is 0 Å². The van der Waals surface area contributed by atoms with Gasteiger partial charge in [0.15, 0.2) is 0 Å². The number of amides is 1. The monoisotopic (exact) mass is 313 g/mol. The Morgan fingerprint density at radius 1 is 1.39 bits per heavy atom. The van der Waals surface area contributed by atoms with Gasteiger partial charge in [-0.25, -0.2) is 0 Å². The van der Waals surface area contributed by atoms with Gasteiger partial charge in [0.05, 0.1) is 0 Å². The second-order valence-corrected chi connectivity index (χ2v) is 6.04. The molecular weight excluding hydrogens is 290 g/mol. The third-order valence-electron chi connectivity index (χ3n) is 4.30. The van der Waals surface area contributed by atoms with Crippen LogP contribution in [0.25, 0.3) is 0 Å². The number of aryl methyl sites for hydroxylation is 2. The number of anilines is 1. The van der Waals surface area contributed by atoms with Crippen molar-refractivity contribution < 1.29 is 4.79 Å². The Kier molecular flexibility index (Phi) is 4.71. The van der Waals surface area contributed by atoms with E-state index in [1.54, 1.807) is 4.68 Å². The topological polar surface area (TPSA) is 71.8 Å². The van der Waals surface area contributed by atoms with Crippen molar-refractivity contribution >= 4 is 11.9 Å². The van der Waals surface area contributed by atoms with E-state index in [9.17, 15) is 4.79 Å². The van der Waals surface area contributed by atoms with Crippen LogP contribution in [0.5, 0.6) is 0 Å². The first-order chi connectivity index (χ1) is 11.2. The molecule has 122 valence electrons. The average molecular weight is 313 g/mol. The molecule has 1 aliphatic rings. The summed E-state index contributed by atoms with van der Waals surface area (Å²) in [6.45, 7) is 4.21. The standard InChI is InChI=1S/C17H23N5O/c1-3-15-19-17(21-22(15)2)20-16(23)14-6-4-12(5-7-14)10-13-8-9-18-11-13/h4-7,13,18H,3,8-11H2,1-2H3,(H,20,21,23). The molecule has 2 aromatic rings. The van der Waals surface area contributed by atoms with Gasteiger partial charge in [-0.1, -0.05) is 19.1 Å². The van der Waals surface area contributed by atoms with Gasteiger partial charge in [0.25, 0.3) is 5.91 Å². The molecule has 1 saturated heterocycles. The van der Waals surface area contributed by atoms with Crippen molar-refractivity contribution in [3.63, 3.8) is 0 Å². The maximum Gasteiger partial charge on any atom is 0.258 e. The Balaban J connectivity index is 1.62. The highest BCUT2D eigenvalue weighted by Gasteiger charge is 2.15. The summed E-state index contributed by atoms with van der Waals surface area (Å²) in [4.78, 5) is 16.6. The molecule has 0 bridgehead atoms. The summed E-state index contributed by atoms with van der Waals surface area (Å²) in [6, 6.07) is 7.82. The Hall–Kier alpha value is -2.21. The molecular formula is C17H23N5O. The number of hydrogen-bond acceptors (Lipinski definition) is 4. The second-order valence-electron chi connectivity index (χ2n) is 6.04. The highest BCUT2D eigenvalue weighted by Crippen LogP contribution is 2.16. The van der Waals surface area contributed by atoms with Crippen LogP contribution in [0.15, 0.2) is 24.3 Å². The number of benzene rings is 1. The zero-order valence-corrected chi connectivity index (χ0v) is 13.7. The molecule has 2 N–H and O–H groups in total. The number of nitrogens with zero attached hydrogens (tertiary/aromatic N) is 3. The lowest BCUT2D eigenvalue weighted by atomic mass is 9.98. The van der Waals surface area contributed by atoms with E-state index >= 15 is 0 Å². The molecule has 3 rings (SSSR count). The van der Waals surface area contributed by atoms with Crippen LogP contribution in [0.3, 0.4) is 0 Å². The van der Waals surface area contributed by atoms with Gasteiger partial charge in [-0.2, -0.15) is 4.98 Å². The molecule has 6 nitrogen and oxygen atoms in total. The van der Waals surface area contributed by atoms with Crippen molar-refractivity contribution in [2.75, 3.05) is 18.4 Å². The Labute approximate surface area is 136 Å². The molecule has 1 unspecified atom stereocenters. The number of carbonyl (C=O) groups excluding carboxylic acids is 1. The van der Waals surface area contributed by atoms with Crippen LogP contribution >= 0.6 is 0 Å². The summed E-state index contributed by atoms with van der Waals surface area (Å²) in [5, 5.41) is 10.3. The smallest absolute Gasteiger partial charge is 0.258 e. The summed E-state index contributed by atoms with van der Waals surface area (Å²) in [5.74, 6) is 1.74. The molecule has 1 amide bonds. The van der Waals surface area contributed by atoms with Crippen LogP contribution in [0.4, 0.5) is 5.95 Å². The molecule has 0 aliphatic carbocycles. The van der Waals surface area contributed by atoms with Gasteiger partial charge in [0.1, 0.15) is 5.82 Å². The molecule has 0 radical (unpaired) electrons. The van der Waals surface area contributed by atoms with E-state index in [0.29, 0.717) is 17.4 Å². The summed E-state index contributed by atoms with van der Waals surface area (Å²) in [7, 11) is 1.83. The van der Waals surface area contributed by atoms with Crippen LogP contribution in [0, 0.1) is 5.92 Å². The van der Waals surface area contributed by atoms with E-state index in [1.165, 1.54) is 12.0 Å². The number of rotatable bonds is 5. The molecule has 0 spiro atoms. The van der Waals surface area contributed by atoms with Crippen LogP contribution in [0.2, 0.25) is 0 Å². The zero-order valence-electron chi connectivity index (χ0n) is 13.7. The summed E-state index contributed by atoms with van der Waals surface area (Å²) in [5.41, 5.74) is 1.91. The minimum atomic E-state index is -0.174. The van der Waals surface area contributed by atoms with Crippen LogP contribution in [0.1, 0.15) is 35.1 Å². The van der Waals surface area contributed by atoms with Gasteiger partial charge in [-0.3, -0.25) is 14.8 Å². The lowest BCUT2D eigenvalue weighted by Crippen LogP contribution is -2.14. The summed E-state index contributed by atoms with van der Waals surface area (Å²) in [6.07, 6.45) is 3.08. The average Bonchev–Trinajstić information content (AvgIpc) is 3.17. The number of nitrogens with one attached hydrogen (secondary N) is 2. The van der Waals surface area contributed by atoms with Gasteiger partial charge in [0, 0.05) is 19.0 Å². The van der Waals surface area contributed by atoms with Gasteiger partial charge in [0.2, 0.25) is 5.95 Å². The van der Waals surface area contributed by atoms with Crippen LogP contribution in [-0.4, -0.2) is 33.8 Å². The van der Waals surface area contributed by atoms with E-state index in [-0.39, 0.29) is 5.91 Å². The van der Waals surface area contributed by atoms with E-state index in [1.807, 2.05) is 38.2 Å². The van der Waals surface area contributed by atoms with Crippen molar-refractivity contribution in [1.29, 1.82) is 0 Å². The first kappa shape index (κ1) is 15.7. The van der Waals surface area contributed by atoms with Gasteiger partial charge >= 0.3 is 0 Å². The highest BCUT2D eigenvalue weighted by molar-refractivity contribution is 6.03. The van der Waals surface area contributed by atoms with Crippen molar-refractivity contribution in [1.82, 2.24) is 20.1 Å². The third-order valence-corrected chi connectivity index (χ3v) is 4.30. The Morgan fingerprint density at radius 2 is 2.17 bits per heavy atom. The lowest BCUT2D eigenvalue weighted by molar-refractivity contribution is 0.102. The molecule has 1 fully saturated rings. The fourth-order valence-electron chi connectivity index (χ4n) is 2.97. The van der Waals surface area contributed by atoms with E-state index < -0.39 is 0 Å². The fraction of sp³-hybridized carbons (Fsp3) is 0.471. The van der Waals surface area contributed by atoms with Crippen LogP contribution < -0.4 is 10.6 Å². The molecule has 1 aromatic heterocycles. The van der Waals surface area contributed by atoms with E-state index in [0.717, 1.165) is 31.8 Å². The number of aromatic nitrogens is 3. The second kappa shape index (κ2) is 6.91. The maximum absolute atomic E-state index is 12.3. The SMILES string of the molecule is CCc1nc(NC(=O)c2ccc(CC3CCNC3)cc2)nn1C. The zero-order chi connectivity index (χ0) is 16.2. The molecule has 1 atom stereocenters. The third kappa shape index (κ3) is 3.76. The minimum Gasteiger partial charge on any atom is -0.316 e. The lowest BCUT2D eigenvalue weighted by Gasteiger charge is -2.08. The van der Waals surface area contributed by atoms with Crippen molar-refractivity contribution in [2.24, 2.45) is 13.0 Å². The predicted molar refractivity (Wildman–Crippen MR) is 89.5 cm³/mol. The predicted octanol–water partition coefficient (Wildman–Crippen LogP) is 1.78. The fourth-order valence-corrected chi connectivity index (χ4v) is 2.97. The molecule has 1 aromatic carbocycles. The number of hydrogen-bond donors (Lipinski definition) is 2. The summed E-state index contributed by atoms with van der Waals surface area (Å²) >= 11 is 0. The first-order valence-electron chi connectivity index (χ1n) is 8.16. The molecule has 1 aliphatic heterocycles. The van der Waals surface area contributed by atoms with E-state index in [2.05, 4.69) is 20.7 Å². The molecule has 0 saturated carbocycles. The van der Waals surface area contributed by atoms with Gasteiger partial charge < -0.3 is 5.32 Å². The van der Waals surface area contributed by atoms with Gasteiger partial charge in [-0.15, -0.1) is 5.10 Å². The van der Waals surface area contributed by atoms with Gasteiger partial charge in [-0.05, 0) is 49.5 Å². The number of carbonyl (C=O) groups is 1. The summed E-state index contributed by atoms with van der Waals surface area (Å²) < 4.78 is 1.69. The maximum atomic E-state index is 12.3. The molecule has 2 heterocycles. The first-order valence-corrected chi connectivity index (χ1v) is 8.16. The van der Waals surface area contributed by atoms with Crippen LogP contribution in [-0.2, 0) is 19.9 Å². The Morgan fingerprint density at radius 3 is 2.78 bits per heavy atom. The minimum absolute atomic E-state index is 0.174. The largest absolute Gasteiger partial charge is 0.316 e. The molecule has 6 heteroatoms.